The lowest BCUT2D eigenvalue weighted by Crippen LogP contribution is -1.52. The lowest BCUT2D eigenvalue weighted by Gasteiger charge is -1.69. The van der Waals surface area contributed by atoms with Crippen molar-refractivity contribution in [3.05, 3.63) is 0 Å². The van der Waals surface area contributed by atoms with Crippen molar-refractivity contribution in [2.24, 2.45) is 0 Å². The second-order valence-electron chi connectivity index (χ2n) is 0.845. The minimum Gasteiger partial charge on any atom is -0.166 e. The molecule has 0 aromatic rings. The minimum absolute atomic E-state index is 0. The molecule has 0 unspecified atom stereocenters. The first-order valence-electron chi connectivity index (χ1n) is 2.38. The van der Waals surface area contributed by atoms with Gasteiger partial charge in [0.25, 0.3) is 0 Å². The van der Waals surface area contributed by atoms with Crippen molar-refractivity contribution in [2.45, 2.75) is 28.7 Å². The van der Waals surface area contributed by atoms with Crippen LogP contribution in [0, 0.1) is 0 Å². The van der Waals surface area contributed by atoms with Crippen LogP contribution >= 0.6 is 23.4 Å². The van der Waals surface area contributed by atoms with Gasteiger partial charge in [-0.25, -0.2) is 0 Å². The Labute approximate surface area is 70.4 Å². The number of rotatable bonds is 1. The fourth-order valence-corrected chi connectivity index (χ4v) is 0. The molecule has 0 saturated heterocycles. The minimum atomic E-state index is 0. The predicted molar refractivity (Wildman–Crippen MR) is 53.9 cm³/mol. The Morgan fingerprint density at radius 1 is 1.22 bits per heavy atom. The third kappa shape index (κ3) is 142. The van der Waals surface area contributed by atoms with E-state index in [0.717, 1.165) is 5.88 Å². The summed E-state index contributed by atoms with van der Waals surface area (Å²) in [6.45, 7) is 4.03. The standard InChI is InChI=1S/C3H8S.C2H5Cl.2CH4/c1-3-4-2;1-2-3;;/h3H2,1-2H3;2H2,1H3;2*1H4. The van der Waals surface area contributed by atoms with Crippen LogP contribution in [0.5, 0.6) is 0 Å². The zero-order valence-corrected chi connectivity index (χ0v) is 6.77. The third-order valence-corrected chi connectivity index (χ3v) is 0.866. The topological polar surface area (TPSA) is 0 Å². The average Bonchev–Trinajstić information content (AvgIpc) is 1.69. The van der Waals surface area contributed by atoms with Gasteiger partial charge in [0.05, 0.1) is 0 Å². The van der Waals surface area contributed by atoms with Gasteiger partial charge < -0.3 is 0 Å². The molecule has 62 valence electrons. The molecule has 0 aromatic carbocycles. The molecule has 0 heterocycles. The molecular weight excluding hydrogens is 152 g/mol. The highest BCUT2D eigenvalue weighted by Crippen LogP contribution is 1.83. The van der Waals surface area contributed by atoms with Gasteiger partial charge in [-0.1, -0.05) is 28.7 Å². The largest absolute Gasteiger partial charge is 0.166 e. The van der Waals surface area contributed by atoms with Crippen molar-refractivity contribution < 1.29 is 0 Å². The number of thioether (sulfide) groups is 1. The smallest absolute Gasteiger partial charge is 0.0195 e. The molecular formula is C7H21ClS. The summed E-state index contributed by atoms with van der Waals surface area (Å²) in [6.07, 6.45) is 2.10. The second kappa shape index (κ2) is 38.1. The van der Waals surface area contributed by atoms with E-state index in [9.17, 15) is 0 Å². The molecule has 0 saturated carbocycles. The van der Waals surface area contributed by atoms with Crippen molar-refractivity contribution in [1.82, 2.24) is 0 Å². The van der Waals surface area contributed by atoms with Crippen LogP contribution in [0.25, 0.3) is 0 Å². The Bertz CT molecular complexity index is 16.4. The zero-order chi connectivity index (χ0) is 6.12. The summed E-state index contributed by atoms with van der Waals surface area (Å²) in [6, 6.07) is 0. The van der Waals surface area contributed by atoms with E-state index in [0.29, 0.717) is 0 Å². The first kappa shape index (κ1) is 22.6. The van der Waals surface area contributed by atoms with Gasteiger partial charge in [-0.2, -0.15) is 11.8 Å². The molecule has 0 spiro atoms. The summed E-state index contributed by atoms with van der Waals surface area (Å²) in [5, 5.41) is 0. The summed E-state index contributed by atoms with van der Waals surface area (Å²) >= 11 is 6.85. The van der Waals surface area contributed by atoms with E-state index in [1.165, 1.54) is 5.75 Å². The number of halogens is 1. The maximum atomic E-state index is 5.00. The van der Waals surface area contributed by atoms with E-state index in [4.69, 9.17) is 11.6 Å². The number of alkyl halides is 1. The molecule has 0 aliphatic heterocycles. The molecule has 0 N–H and O–H groups in total. The molecule has 0 nitrogen and oxygen atoms in total. The highest BCUT2D eigenvalue weighted by Gasteiger charge is 1.55. The lowest BCUT2D eigenvalue weighted by molar-refractivity contribution is 1.51. The van der Waals surface area contributed by atoms with Gasteiger partial charge in [0, 0.05) is 5.88 Å². The van der Waals surface area contributed by atoms with E-state index >= 15 is 0 Å². The maximum absolute atomic E-state index is 5.00. The van der Waals surface area contributed by atoms with Crippen LogP contribution in [0.3, 0.4) is 0 Å². The van der Waals surface area contributed by atoms with Crippen molar-refractivity contribution in [3.63, 3.8) is 0 Å². The van der Waals surface area contributed by atoms with Crippen LogP contribution in [0.1, 0.15) is 28.7 Å². The van der Waals surface area contributed by atoms with E-state index in [1.807, 2.05) is 18.7 Å². The average molecular weight is 173 g/mol. The molecule has 2 heteroatoms. The molecule has 0 aromatic heterocycles. The molecule has 0 rings (SSSR count). The summed E-state index contributed by atoms with van der Waals surface area (Å²) in [7, 11) is 0. The van der Waals surface area contributed by atoms with Crippen LogP contribution in [0.15, 0.2) is 0 Å². The Hall–Kier alpha value is 0.640. The molecule has 0 atom stereocenters. The van der Waals surface area contributed by atoms with Crippen LogP contribution in [-0.4, -0.2) is 17.9 Å². The van der Waals surface area contributed by atoms with E-state index in [-0.39, 0.29) is 14.9 Å². The molecule has 0 radical (unpaired) electrons. The van der Waals surface area contributed by atoms with E-state index < -0.39 is 0 Å². The Balaban J connectivity index is -0.0000000233. The van der Waals surface area contributed by atoms with Crippen molar-refractivity contribution >= 4 is 23.4 Å². The molecule has 0 fully saturated rings. The van der Waals surface area contributed by atoms with Gasteiger partial charge >= 0.3 is 0 Å². The van der Waals surface area contributed by atoms with Crippen molar-refractivity contribution in [1.29, 1.82) is 0 Å². The van der Waals surface area contributed by atoms with E-state index in [2.05, 4.69) is 13.2 Å². The Morgan fingerprint density at radius 2 is 1.33 bits per heavy atom. The van der Waals surface area contributed by atoms with Crippen molar-refractivity contribution in [2.75, 3.05) is 17.9 Å². The fourth-order valence-electron chi connectivity index (χ4n) is 0. The summed E-state index contributed by atoms with van der Waals surface area (Å²) in [5.41, 5.74) is 0. The van der Waals surface area contributed by atoms with Gasteiger partial charge in [0.15, 0.2) is 0 Å². The van der Waals surface area contributed by atoms with Crippen LogP contribution in [-0.2, 0) is 0 Å². The van der Waals surface area contributed by atoms with Gasteiger partial charge in [0.1, 0.15) is 0 Å². The Morgan fingerprint density at radius 3 is 1.33 bits per heavy atom. The number of hydrogen-bond acceptors (Lipinski definition) is 1. The van der Waals surface area contributed by atoms with Gasteiger partial charge in [-0.15, -0.1) is 11.6 Å². The molecule has 0 amide bonds. The summed E-state index contributed by atoms with van der Waals surface area (Å²) in [4.78, 5) is 0. The van der Waals surface area contributed by atoms with Crippen LogP contribution in [0.4, 0.5) is 0 Å². The number of hydrogen-bond donors (Lipinski definition) is 0. The fraction of sp³-hybridized carbons (Fsp3) is 1.00. The summed E-state index contributed by atoms with van der Waals surface area (Å²) < 4.78 is 0. The maximum Gasteiger partial charge on any atom is 0.0195 e. The molecule has 9 heavy (non-hydrogen) atoms. The first-order chi connectivity index (χ1) is 3.33. The second-order valence-corrected chi connectivity index (χ2v) is 2.53. The van der Waals surface area contributed by atoms with E-state index in [1.54, 1.807) is 0 Å². The highest BCUT2D eigenvalue weighted by molar-refractivity contribution is 7.98. The van der Waals surface area contributed by atoms with Crippen molar-refractivity contribution in [3.8, 4) is 0 Å². The molecule has 0 aliphatic carbocycles. The van der Waals surface area contributed by atoms with Crippen LogP contribution < -0.4 is 0 Å². The zero-order valence-electron chi connectivity index (χ0n) is 5.20. The van der Waals surface area contributed by atoms with Gasteiger partial charge in [-0.05, 0) is 12.0 Å². The van der Waals surface area contributed by atoms with Gasteiger partial charge in [-0.3, -0.25) is 0 Å². The van der Waals surface area contributed by atoms with Crippen LogP contribution in [0.2, 0.25) is 0 Å². The van der Waals surface area contributed by atoms with Gasteiger partial charge in [0.2, 0.25) is 0 Å². The molecule has 0 aliphatic rings. The lowest BCUT2D eigenvalue weighted by atomic mass is 11.0. The highest BCUT2D eigenvalue weighted by atomic mass is 35.5. The summed E-state index contributed by atoms with van der Waals surface area (Å²) in [5.74, 6) is 1.96. The third-order valence-electron chi connectivity index (χ3n) is 0.289. The quantitative estimate of drug-likeness (QED) is 0.541. The Kier molecular flexibility index (Phi) is 95.7. The normalized spacial score (nSPS) is 5.33. The molecule has 0 bridgehead atoms. The first-order valence-corrected chi connectivity index (χ1v) is 4.31. The monoisotopic (exact) mass is 172 g/mol. The predicted octanol–water partition coefficient (Wildman–Crippen LogP) is 3.89. The SMILES string of the molecule is C.C.CCCl.CCSC.